The predicted octanol–water partition coefficient (Wildman–Crippen LogP) is 0.909. The zero-order valence-electron chi connectivity index (χ0n) is 15.8. The van der Waals surface area contributed by atoms with Crippen LogP contribution in [0, 0.1) is 40.4 Å². The Morgan fingerprint density at radius 3 is 2.08 bits per heavy atom. The van der Waals surface area contributed by atoms with Crippen molar-refractivity contribution in [2.45, 2.75) is 83.4 Å². The first kappa shape index (κ1) is 18.2. The van der Waals surface area contributed by atoms with Gasteiger partial charge in [0.25, 0.3) is 0 Å². The smallest absolute Gasteiger partial charge is 0.101 e. The maximum absolute atomic E-state index is 11.7. The molecule has 4 saturated carbocycles. The summed E-state index contributed by atoms with van der Waals surface area (Å²) in [6.07, 6.45) is -0.582. The highest BCUT2D eigenvalue weighted by molar-refractivity contribution is 5.22. The summed E-state index contributed by atoms with van der Waals surface area (Å²) in [5, 5.41) is 55.7. The van der Waals surface area contributed by atoms with Crippen LogP contribution in [0.25, 0.3) is 0 Å². The fourth-order valence-corrected chi connectivity index (χ4v) is 7.75. The van der Waals surface area contributed by atoms with Crippen molar-refractivity contribution in [2.24, 2.45) is 40.4 Å². The van der Waals surface area contributed by atoms with Crippen LogP contribution in [0.3, 0.4) is 0 Å². The number of rotatable bonds is 0. The summed E-state index contributed by atoms with van der Waals surface area (Å²) in [7, 11) is 0. The van der Waals surface area contributed by atoms with Gasteiger partial charge in [-0.15, -0.1) is 0 Å². The van der Waals surface area contributed by atoms with Gasteiger partial charge < -0.3 is 25.5 Å². The molecule has 0 radical (unpaired) electrons. The molecule has 0 aliphatic heterocycles. The Morgan fingerprint density at radius 1 is 0.800 bits per heavy atom. The lowest BCUT2D eigenvalue weighted by molar-refractivity contribution is -0.182. The van der Waals surface area contributed by atoms with Gasteiger partial charge in [0, 0.05) is 10.8 Å². The van der Waals surface area contributed by atoms with Crippen LogP contribution in [0.2, 0.25) is 0 Å². The topological polar surface area (TPSA) is 101 Å². The van der Waals surface area contributed by atoms with E-state index in [0.29, 0.717) is 6.42 Å². The van der Waals surface area contributed by atoms with E-state index in [9.17, 15) is 25.5 Å². The molecular formula is C20H34O5. The first-order valence-electron chi connectivity index (χ1n) is 9.95. The van der Waals surface area contributed by atoms with Gasteiger partial charge in [-0.2, -0.15) is 0 Å². The van der Waals surface area contributed by atoms with E-state index in [0.717, 1.165) is 12.8 Å². The standard InChI is InChI=1S/C20H34O5/c1-9-11-5-6-12-10(2)13-7-14(21)18(3,4)20(13,25)15(22)8-19(12,16(9)23)17(11)24/h9-17,21-25H,5-8H2,1-4H3/t9-,10+,11+,12+,13+,14+,15-,16+,17-,19-,20+/m1/s1. The van der Waals surface area contributed by atoms with Gasteiger partial charge >= 0.3 is 0 Å². The van der Waals surface area contributed by atoms with Crippen molar-refractivity contribution in [3.8, 4) is 0 Å². The number of fused-ring (bicyclic) bond motifs is 2. The van der Waals surface area contributed by atoms with E-state index in [2.05, 4.69) is 6.92 Å². The summed E-state index contributed by atoms with van der Waals surface area (Å²) in [4.78, 5) is 0. The minimum Gasteiger partial charge on any atom is -0.392 e. The van der Waals surface area contributed by atoms with Gasteiger partial charge in [0.15, 0.2) is 0 Å². The van der Waals surface area contributed by atoms with Crippen LogP contribution in [0.1, 0.15) is 53.4 Å². The summed E-state index contributed by atoms with van der Waals surface area (Å²) in [5.41, 5.74) is -2.98. The summed E-state index contributed by atoms with van der Waals surface area (Å²) in [5.74, 6) is -0.0891. The van der Waals surface area contributed by atoms with Crippen molar-refractivity contribution in [2.75, 3.05) is 0 Å². The van der Waals surface area contributed by atoms with Gasteiger partial charge in [0.05, 0.1) is 24.4 Å². The van der Waals surface area contributed by atoms with Crippen LogP contribution in [-0.4, -0.2) is 55.5 Å². The van der Waals surface area contributed by atoms with Gasteiger partial charge in [0.1, 0.15) is 5.60 Å². The largest absolute Gasteiger partial charge is 0.392 e. The first-order valence-corrected chi connectivity index (χ1v) is 9.95. The van der Waals surface area contributed by atoms with Crippen molar-refractivity contribution in [1.82, 2.24) is 0 Å². The number of aliphatic hydroxyl groups excluding tert-OH is 4. The summed E-state index contributed by atoms with van der Waals surface area (Å²) in [6, 6.07) is 0. The average Bonchev–Trinajstić information content (AvgIpc) is 2.75. The van der Waals surface area contributed by atoms with Crippen molar-refractivity contribution in [1.29, 1.82) is 0 Å². The van der Waals surface area contributed by atoms with E-state index in [-0.39, 0.29) is 36.0 Å². The van der Waals surface area contributed by atoms with E-state index in [4.69, 9.17) is 0 Å². The molecule has 0 unspecified atom stereocenters. The van der Waals surface area contributed by atoms with Crippen LogP contribution in [0.5, 0.6) is 0 Å². The third kappa shape index (κ3) is 1.82. The molecule has 0 amide bonds. The quantitative estimate of drug-likeness (QED) is 0.445. The number of hydrogen-bond donors (Lipinski definition) is 5. The molecule has 4 fully saturated rings. The second kappa shape index (κ2) is 5.20. The fourth-order valence-electron chi connectivity index (χ4n) is 7.75. The van der Waals surface area contributed by atoms with E-state index in [1.165, 1.54) is 0 Å². The molecule has 5 nitrogen and oxygen atoms in total. The second-order valence-electron chi connectivity index (χ2n) is 10.2. The highest BCUT2D eigenvalue weighted by Gasteiger charge is 2.73. The van der Waals surface area contributed by atoms with Crippen molar-refractivity contribution < 1.29 is 25.5 Å². The zero-order valence-corrected chi connectivity index (χ0v) is 15.8. The summed E-state index contributed by atoms with van der Waals surface area (Å²) < 4.78 is 0. The van der Waals surface area contributed by atoms with E-state index in [1.807, 2.05) is 20.8 Å². The predicted molar refractivity (Wildman–Crippen MR) is 92.5 cm³/mol. The lowest BCUT2D eigenvalue weighted by atomic mass is 9.58. The SMILES string of the molecule is C[C@@H]1[C@@H]2CC[C@H]3[C@H](C)[C@@H]4C[C@H](O)C(C)(C)[C@@]4(O)[C@H](O)C[C@]3([C@@H]2O)[C@H]1O. The molecule has 0 aromatic rings. The van der Waals surface area contributed by atoms with Crippen molar-refractivity contribution >= 4 is 0 Å². The Morgan fingerprint density at radius 2 is 1.44 bits per heavy atom. The molecule has 0 aromatic carbocycles. The fraction of sp³-hybridized carbons (Fsp3) is 1.00. The Hall–Kier alpha value is -0.200. The monoisotopic (exact) mass is 354 g/mol. The maximum Gasteiger partial charge on any atom is 0.101 e. The number of hydrogen-bond acceptors (Lipinski definition) is 5. The van der Waals surface area contributed by atoms with E-state index in [1.54, 1.807) is 0 Å². The molecule has 144 valence electrons. The van der Waals surface area contributed by atoms with Gasteiger partial charge in [-0.25, -0.2) is 0 Å². The first-order chi connectivity index (χ1) is 11.5. The molecule has 0 heterocycles. The molecule has 11 atom stereocenters. The molecule has 4 rings (SSSR count). The molecule has 5 heteroatoms. The van der Waals surface area contributed by atoms with E-state index < -0.39 is 40.8 Å². The molecule has 1 spiro atoms. The van der Waals surface area contributed by atoms with Gasteiger partial charge in [0.2, 0.25) is 0 Å². The highest BCUT2D eigenvalue weighted by Crippen LogP contribution is 2.68. The van der Waals surface area contributed by atoms with Crippen LogP contribution >= 0.6 is 0 Å². The third-order valence-corrected chi connectivity index (χ3v) is 9.41. The molecule has 0 saturated heterocycles. The van der Waals surface area contributed by atoms with Gasteiger partial charge in [-0.3, -0.25) is 0 Å². The Labute approximate surface area is 150 Å². The lowest BCUT2D eigenvalue weighted by Gasteiger charge is -2.48. The molecular weight excluding hydrogens is 320 g/mol. The van der Waals surface area contributed by atoms with Crippen LogP contribution < -0.4 is 0 Å². The van der Waals surface area contributed by atoms with Gasteiger partial charge in [-0.1, -0.05) is 27.7 Å². The highest BCUT2D eigenvalue weighted by atomic mass is 16.4. The van der Waals surface area contributed by atoms with Crippen LogP contribution in [-0.2, 0) is 0 Å². The van der Waals surface area contributed by atoms with E-state index >= 15 is 0 Å². The normalized spacial score (nSPS) is 63.0. The van der Waals surface area contributed by atoms with Crippen molar-refractivity contribution in [3.63, 3.8) is 0 Å². The molecule has 2 bridgehead atoms. The summed E-state index contributed by atoms with van der Waals surface area (Å²) in [6.45, 7) is 7.73. The lowest BCUT2D eigenvalue weighted by Crippen LogP contribution is -2.58. The molecule has 4 aliphatic carbocycles. The Bertz CT molecular complexity index is 558. The molecule has 0 aromatic heterocycles. The maximum atomic E-state index is 11.7. The third-order valence-electron chi connectivity index (χ3n) is 9.41. The van der Waals surface area contributed by atoms with Crippen LogP contribution in [0.15, 0.2) is 0 Å². The average molecular weight is 354 g/mol. The van der Waals surface area contributed by atoms with Gasteiger partial charge in [-0.05, 0) is 55.3 Å². The van der Waals surface area contributed by atoms with Crippen LogP contribution in [0.4, 0.5) is 0 Å². The molecule has 4 aliphatic rings. The Kier molecular flexibility index (Phi) is 3.78. The van der Waals surface area contributed by atoms with Crippen molar-refractivity contribution in [3.05, 3.63) is 0 Å². The second-order valence-corrected chi connectivity index (χ2v) is 10.2. The Balaban J connectivity index is 1.85. The minimum atomic E-state index is -1.40. The summed E-state index contributed by atoms with van der Waals surface area (Å²) >= 11 is 0. The zero-order chi connectivity index (χ0) is 18.5. The molecule has 25 heavy (non-hydrogen) atoms. The minimum absolute atomic E-state index is 0.00517. The number of aliphatic hydroxyl groups is 5. The molecule has 5 N–H and O–H groups in total.